The van der Waals surface area contributed by atoms with E-state index in [1.807, 2.05) is 13.0 Å². The minimum atomic E-state index is -1.01. The Morgan fingerprint density at radius 2 is 1.87 bits per heavy atom. The van der Waals surface area contributed by atoms with Gasteiger partial charge < -0.3 is 9.84 Å². The maximum atomic E-state index is 11.1. The number of ether oxygens (including phenoxy) is 1. The summed E-state index contributed by atoms with van der Waals surface area (Å²) >= 11 is 0. The van der Waals surface area contributed by atoms with Crippen molar-refractivity contribution in [1.29, 1.82) is 0 Å². The number of nitro benzene ring substituents is 1. The van der Waals surface area contributed by atoms with E-state index < -0.39 is 10.9 Å². The van der Waals surface area contributed by atoms with Gasteiger partial charge in [-0.3, -0.25) is 10.1 Å². The van der Waals surface area contributed by atoms with E-state index in [1.165, 1.54) is 24.3 Å². The molecular formula is C17H17NO5. The highest BCUT2D eigenvalue weighted by Crippen LogP contribution is 2.27. The van der Waals surface area contributed by atoms with Crippen molar-refractivity contribution < 1.29 is 19.6 Å². The zero-order valence-corrected chi connectivity index (χ0v) is 12.7. The molecule has 0 aliphatic rings. The number of carboxylic acid groups (broad SMARTS) is 1. The van der Waals surface area contributed by atoms with Crippen molar-refractivity contribution in [3.05, 3.63) is 63.7 Å². The molecule has 120 valence electrons. The zero-order valence-electron chi connectivity index (χ0n) is 12.7. The van der Waals surface area contributed by atoms with Gasteiger partial charge in [-0.05, 0) is 41.3 Å². The average molecular weight is 315 g/mol. The lowest BCUT2D eigenvalue weighted by molar-refractivity contribution is -0.384. The second-order valence-corrected chi connectivity index (χ2v) is 5.08. The second kappa shape index (κ2) is 7.51. The van der Waals surface area contributed by atoms with E-state index in [-0.39, 0.29) is 11.3 Å². The average Bonchev–Trinajstić information content (AvgIpc) is 2.55. The quantitative estimate of drug-likeness (QED) is 0.475. The van der Waals surface area contributed by atoms with Crippen LogP contribution >= 0.6 is 0 Å². The molecule has 0 heterocycles. The minimum Gasteiger partial charge on any atom is -0.478 e. The SMILES string of the molecule is CCCOCc1cc(-c2ccc(C(=O)O)cc2)cc([N+](=O)[O-])c1. The van der Waals surface area contributed by atoms with Gasteiger partial charge >= 0.3 is 5.97 Å². The molecule has 0 unspecified atom stereocenters. The van der Waals surface area contributed by atoms with E-state index in [2.05, 4.69) is 0 Å². The number of carbonyl (C=O) groups is 1. The first-order valence-electron chi connectivity index (χ1n) is 7.21. The number of hydrogen-bond acceptors (Lipinski definition) is 4. The molecule has 0 atom stereocenters. The fourth-order valence-corrected chi connectivity index (χ4v) is 2.17. The molecule has 0 spiro atoms. The van der Waals surface area contributed by atoms with Crippen LogP contribution in [0.5, 0.6) is 0 Å². The predicted molar refractivity (Wildman–Crippen MR) is 85.4 cm³/mol. The molecular weight excluding hydrogens is 298 g/mol. The number of rotatable bonds is 7. The van der Waals surface area contributed by atoms with Crippen LogP contribution in [0, 0.1) is 10.1 Å². The summed E-state index contributed by atoms with van der Waals surface area (Å²) in [6, 6.07) is 11.0. The number of hydrogen-bond donors (Lipinski definition) is 1. The molecule has 0 aromatic heterocycles. The summed E-state index contributed by atoms with van der Waals surface area (Å²) in [6.07, 6.45) is 0.873. The Balaban J connectivity index is 2.35. The first-order chi connectivity index (χ1) is 11.0. The molecule has 0 saturated heterocycles. The molecule has 2 aromatic rings. The first-order valence-corrected chi connectivity index (χ1v) is 7.21. The molecule has 0 radical (unpaired) electrons. The summed E-state index contributed by atoms with van der Waals surface area (Å²) in [5, 5.41) is 20.0. The van der Waals surface area contributed by atoms with Gasteiger partial charge in [-0.2, -0.15) is 0 Å². The van der Waals surface area contributed by atoms with Crippen LogP contribution in [-0.4, -0.2) is 22.6 Å². The van der Waals surface area contributed by atoms with E-state index in [9.17, 15) is 14.9 Å². The molecule has 0 bridgehead atoms. The number of carboxylic acids is 1. The molecule has 6 nitrogen and oxygen atoms in total. The van der Waals surface area contributed by atoms with Crippen LogP contribution in [-0.2, 0) is 11.3 Å². The molecule has 0 fully saturated rings. The zero-order chi connectivity index (χ0) is 16.8. The number of benzene rings is 2. The normalized spacial score (nSPS) is 10.5. The lowest BCUT2D eigenvalue weighted by Crippen LogP contribution is -1.98. The Bertz CT molecular complexity index is 709. The Labute approximate surface area is 133 Å². The topological polar surface area (TPSA) is 89.7 Å². The Morgan fingerprint density at radius 3 is 2.43 bits per heavy atom. The first kappa shape index (κ1) is 16.6. The standard InChI is InChI=1S/C17H17NO5/c1-2-7-23-11-12-8-15(10-16(9-12)18(21)22)13-3-5-14(6-4-13)17(19)20/h3-6,8-10H,2,7,11H2,1H3,(H,19,20). The van der Waals surface area contributed by atoms with E-state index >= 15 is 0 Å². The van der Waals surface area contributed by atoms with E-state index in [0.717, 1.165) is 12.0 Å². The van der Waals surface area contributed by atoms with Crippen LogP contribution < -0.4 is 0 Å². The van der Waals surface area contributed by atoms with Crippen molar-refractivity contribution in [2.45, 2.75) is 20.0 Å². The monoisotopic (exact) mass is 315 g/mol. The van der Waals surface area contributed by atoms with Crippen molar-refractivity contribution in [3.8, 4) is 11.1 Å². The van der Waals surface area contributed by atoms with Crippen molar-refractivity contribution in [2.24, 2.45) is 0 Å². The highest BCUT2D eigenvalue weighted by atomic mass is 16.6. The number of aromatic carboxylic acids is 1. The van der Waals surface area contributed by atoms with Crippen LogP contribution in [0.2, 0.25) is 0 Å². The maximum Gasteiger partial charge on any atom is 0.335 e. The van der Waals surface area contributed by atoms with E-state index in [4.69, 9.17) is 9.84 Å². The highest BCUT2D eigenvalue weighted by molar-refractivity contribution is 5.88. The number of nitrogens with zero attached hydrogens (tertiary/aromatic N) is 1. The van der Waals surface area contributed by atoms with Gasteiger partial charge in [0, 0.05) is 18.7 Å². The molecule has 2 aromatic carbocycles. The molecule has 0 aliphatic heterocycles. The minimum absolute atomic E-state index is 0.0140. The van der Waals surface area contributed by atoms with Crippen LogP contribution in [0.3, 0.4) is 0 Å². The lowest BCUT2D eigenvalue weighted by Gasteiger charge is -2.07. The molecule has 23 heavy (non-hydrogen) atoms. The Kier molecular flexibility index (Phi) is 5.43. The molecule has 6 heteroatoms. The van der Waals surface area contributed by atoms with Gasteiger partial charge in [0.25, 0.3) is 5.69 Å². The number of nitro groups is 1. The van der Waals surface area contributed by atoms with Gasteiger partial charge in [-0.15, -0.1) is 0 Å². The van der Waals surface area contributed by atoms with Gasteiger partial charge in [0.15, 0.2) is 0 Å². The molecule has 0 amide bonds. The van der Waals surface area contributed by atoms with Crippen LogP contribution in [0.1, 0.15) is 29.3 Å². The van der Waals surface area contributed by atoms with Gasteiger partial charge in [0.05, 0.1) is 17.1 Å². The molecule has 0 saturated carbocycles. The third-order valence-electron chi connectivity index (χ3n) is 3.27. The summed E-state index contributed by atoms with van der Waals surface area (Å²) in [4.78, 5) is 21.5. The molecule has 2 rings (SSSR count). The maximum absolute atomic E-state index is 11.1. The van der Waals surface area contributed by atoms with Gasteiger partial charge in [-0.1, -0.05) is 19.1 Å². The van der Waals surface area contributed by atoms with Crippen molar-refractivity contribution in [1.82, 2.24) is 0 Å². The summed E-state index contributed by atoms with van der Waals surface area (Å²) in [6.45, 7) is 2.88. The van der Waals surface area contributed by atoms with Crippen LogP contribution in [0.4, 0.5) is 5.69 Å². The third kappa shape index (κ3) is 4.37. The van der Waals surface area contributed by atoms with Gasteiger partial charge in [0.1, 0.15) is 0 Å². The summed E-state index contributed by atoms with van der Waals surface area (Å²) < 4.78 is 5.44. The van der Waals surface area contributed by atoms with Gasteiger partial charge in [0.2, 0.25) is 0 Å². The Morgan fingerprint density at radius 1 is 1.17 bits per heavy atom. The Hall–Kier alpha value is -2.73. The van der Waals surface area contributed by atoms with E-state index in [1.54, 1.807) is 12.1 Å². The highest BCUT2D eigenvalue weighted by Gasteiger charge is 2.12. The molecule has 0 aliphatic carbocycles. The van der Waals surface area contributed by atoms with Crippen molar-refractivity contribution in [2.75, 3.05) is 6.61 Å². The fraction of sp³-hybridized carbons (Fsp3) is 0.235. The smallest absolute Gasteiger partial charge is 0.335 e. The van der Waals surface area contributed by atoms with Crippen LogP contribution in [0.25, 0.3) is 11.1 Å². The summed E-state index contributed by atoms with van der Waals surface area (Å²) in [5.74, 6) is -1.01. The second-order valence-electron chi connectivity index (χ2n) is 5.08. The number of non-ortho nitro benzene ring substituents is 1. The largest absolute Gasteiger partial charge is 0.478 e. The predicted octanol–water partition coefficient (Wildman–Crippen LogP) is 3.89. The summed E-state index contributed by atoms with van der Waals surface area (Å²) in [7, 11) is 0. The van der Waals surface area contributed by atoms with Crippen molar-refractivity contribution in [3.63, 3.8) is 0 Å². The molecule has 1 N–H and O–H groups in total. The fourth-order valence-electron chi connectivity index (χ4n) is 2.17. The lowest BCUT2D eigenvalue weighted by atomic mass is 10.0. The van der Waals surface area contributed by atoms with Crippen LogP contribution in [0.15, 0.2) is 42.5 Å². The van der Waals surface area contributed by atoms with E-state index in [0.29, 0.717) is 24.3 Å². The van der Waals surface area contributed by atoms with Gasteiger partial charge in [-0.25, -0.2) is 4.79 Å². The summed E-state index contributed by atoms with van der Waals surface area (Å²) in [5.41, 5.74) is 2.25. The van der Waals surface area contributed by atoms with Crippen molar-refractivity contribution >= 4 is 11.7 Å². The third-order valence-corrected chi connectivity index (χ3v) is 3.27.